The van der Waals surface area contributed by atoms with Gasteiger partial charge in [0.25, 0.3) is 0 Å². The number of rotatable bonds is 2. The van der Waals surface area contributed by atoms with Gasteiger partial charge in [0.2, 0.25) is 5.92 Å². The van der Waals surface area contributed by atoms with Gasteiger partial charge < -0.3 is 10.2 Å². The average Bonchev–Trinajstić information content (AvgIpc) is 2.28. The molecule has 2 N–H and O–H groups in total. The molecule has 1 aromatic carbocycles. The van der Waals surface area contributed by atoms with E-state index < -0.39 is 11.9 Å². The Morgan fingerprint density at radius 3 is 2.44 bits per heavy atom. The van der Waals surface area contributed by atoms with Gasteiger partial charge in [0, 0.05) is 12.8 Å². The zero-order valence-corrected chi connectivity index (χ0v) is 9.70. The van der Waals surface area contributed by atoms with E-state index in [1.54, 1.807) is 12.1 Å². The van der Waals surface area contributed by atoms with Gasteiger partial charge in [-0.1, -0.05) is 12.1 Å². The molecule has 0 heterocycles. The lowest BCUT2D eigenvalue weighted by Crippen LogP contribution is -2.24. The normalized spacial score (nSPS) is 19.7. The highest BCUT2D eigenvalue weighted by Crippen LogP contribution is 2.42. The molecule has 1 aromatic rings. The lowest BCUT2D eigenvalue weighted by molar-refractivity contribution is -0.0382. The first kappa shape index (κ1) is 12.8. The number of carboxylic acids is 1. The van der Waals surface area contributed by atoms with Gasteiger partial charge in [-0.05, 0) is 30.4 Å². The minimum Gasteiger partial charge on any atom is -0.507 e. The summed E-state index contributed by atoms with van der Waals surface area (Å²) >= 11 is 0. The number of alkyl halides is 2. The van der Waals surface area contributed by atoms with Crippen LogP contribution in [0.4, 0.5) is 8.78 Å². The summed E-state index contributed by atoms with van der Waals surface area (Å²) in [4.78, 5) is 11.1. The van der Waals surface area contributed by atoms with E-state index in [0.29, 0.717) is 5.56 Å². The van der Waals surface area contributed by atoms with Gasteiger partial charge in [0.15, 0.2) is 0 Å². The van der Waals surface area contributed by atoms with Gasteiger partial charge in [-0.3, -0.25) is 0 Å². The first-order valence-electron chi connectivity index (χ1n) is 5.84. The lowest BCUT2D eigenvalue weighted by Gasteiger charge is -2.29. The summed E-state index contributed by atoms with van der Waals surface area (Å²) < 4.78 is 26.1. The smallest absolute Gasteiger partial charge is 0.339 e. The minimum absolute atomic E-state index is 0.160. The molecule has 0 atom stereocenters. The highest BCUT2D eigenvalue weighted by atomic mass is 19.3. The zero-order chi connectivity index (χ0) is 13.3. The molecule has 1 aliphatic rings. The molecule has 0 bridgehead atoms. The van der Waals surface area contributed by atoms with Crippen LogP contribution in [0.15, 0.2) is 18.2 Å². The van der Waals surface area contributed by atoms with Crippen LogP contribution in [0.3, 0.4) is 0 Å². The molecule has 0 amide bonds. The van der Waals surface area contributed by atoms with Crippen LogP contribution in [0.2, 0.25) is 0 Å². The summed E-state index contributed by atoms with van der Waals surface area (Å²) in [6.07, 6.45) is 0.0340. The Morgan fingerprint density at radius 2 is 1.89 bits per heavy atom. The fourth-order valence-electron chi connectivity index (χ4n) is 2.48. The molecule has 18 heavy (non-hydrogen) atoms. The van der Waals surface area contributed by atoms with Crippen molar-refractivity contribution in [3.05, 3.63) is 29.3 Å². The van der Waals surface area contributed by atoms with Gasteiger partial charge in [0.05, 0.1) is 0 Å². The Morgan fingerprint density at radius 1 is 1.28 bits per heavy atom. The van der Waals surface area contributed by atoms with Crippen molar-refractivity contribution in [2.45, 2.75) is 37.5 Å². The molecule has 0 saturated heterocycles. The quantitative estimate of drug-likeness (QED) is 0.852. The van der Waals surface area contributed by atoms with Gasteiger partial charge in [-0.15, -0.1) is 0 Å². The first-order chi connectivity index (χ1) is 8.41. The maximum atomic E-state index is 13.1. The number of hydrogen-bond donors (Lipinski definition) is 2. The SMILES string of the molecule is O=C(O)c1c(O)cccc1C1CCC(F)(F)CC1. The summed E-state index contributed by atoms with van der Waals surface area (Å²) in [5.74, 6) is -4.39. The third-order valence-electron chi connectivity index (χ3n) is 3.45. The highest BCUT2D eigenvalue weighted by molar-refractivity contribution is 5.92. The van der Waals surface area contributed by atoms with Crippen molar-refractivity contribution in [2.24, 2.45) is 0 Å². The van der Waals surface area contributed by atoms with Crippen LogP contribution in [0.25, 0.3) is 0 Å². The number of carbonyl (C=O) groups is 1. The van der Waals surface area contributed by atoms with Crippen LogP contribution >= 0.6 is 0 Å². The summed E-state index contributed by atoms with van der Waals surface area (Å²) in [6, 6.07) is 4.44. The second kappa shape index (κ2) is 4.55. The highest BCUT2D eigenvalue weighted by Gasteiger charge is 2.36. The van der Waals surface area contributed by atoms with E-state index in [0.717, 1.165) is 0 Å². The molecule has 3 nitrogen and oxygen atoms in total. The third kappa shape index (κ3) is 2.44. The van der Waals surface area contributed by atoms with E-state index in [9.17, 15) is 18.7 Å². The van der Waals surface area contributed by atoms with Gasteiger partial charge >= 0.3 is 5.97 Å². The van der Waals surface area contributed by atoms with Crippen molar-refractivity contribution in [1.29, 1.82) is 0 Å². The number of phenols is 1. The van der Waals surface area contributed by atoms with Crippen molar-refractivity contribution in [3.63, 3.8) is 0 Å². The van der Waals surface area contributed by atoms with Crippen LogP contribution < -0.4 is 0 Å². The number of aromatic hydroxyl groups is 1. The summed E-state index contributed by atoms with van der Waals surface area (Å²) in [7, 11) is 0. The summed E-state index contributed by atoms with van der Waals surface area (Å²) in [6.45, 7) is 0. The van der Waals surface area contributed by atoms with Gasteiger partial charge in [-0.2, -0.15) is 0 Å². The largest absolute Gasteiger partial charge is 0.507 e. The van der Waals surface area contributed by atoms with Crippen molar-refractivity contribution >= 4 is 5.97 Å². The number of aromatic carboxylic acids is 1. The summed E-state index contributed by atoms with van der Waals surface area (Å²) in [5, 5.41) is 18.6. The van der Waals surface area contributed by atoms with E-state index >= 15 is 0 Å². The predicted molar refractivity (Wildman–Crippen MR) is 61.2 cm³/mol. The molecule has 5 heteroatoms. The molecule has 0 aliphatic heterocycles. The summed E-state index contributed by atoms with van der Waals surface area (Å²) in [5.41, 5.74) is 0.297. The number of carboxylic acid groups (broad SMARTS) is 1. The fourth-order valence-corrected chi connectivity index (χ4v) is 2.48. The fraction of sp³-hybridized carbons (Fsp3) is 0.462. The molecular formula is C13H14F2O3. The zero-order valence-electron chi connectivity index (χ0n) is 9.70. The van der Waals surface area contributed by atoms with E-state index in [2.05, 4.69) is 0 Å². The lowest BCUT2D eigenvalue weighted by atomic mass is 9.80. The van der Waals surface area contributed by atoms with Crippen molar-refractivity contribution in [3.8, 4) is 5.75 Å². The molecule has 2 rings (SSSR count). The van der Waals surface area contributed by atoms with E-state index in [4.69, 9.17) is 5.11 Å². The topological polar surface area (TPSA) is 57.5 Å². The predicted octanol–water partition coefficient (Wildman–Crippen LogP) is 3.38. The second-order valence-corrected chi connectivity index (χ2v) is 4.68. The van der Waals surface area contributed by atoms with E-state index in [-0.39, 0.29) is 42.9 Å². The molecular weight excluding hydrogens is 242 g/mol. The second-order valence-electron chi connectivity index (χ2n) is 4.68. The monoisotopic (exact) mass is 256 g/mol. The molecule has 1 saturated carbocycles. The Hall–Kier alpha value is -1.65. The number of halogens is 2. The van der Waals surface area contributed by atoms with Crippen molar-refractivity contribution in [1.82, 2.24) is 0 Å². The first-order valence-corrected chi connectivity index (χ1v) is 5.84. The van der Waals surface area contributed by atoms with E-state index in [1.165, 1.54) is 6.07 Å². The van der Waals surface area contributed by atoms with Crippen LogP contribution in [-0.4, -0.2) is 22.1 Å². The standard InChI is InChI=1S/C13H14F2O3/c14-13(15)6-4-8(5-7-13)9-2-1-3-10(16)11(9)12(17)18/h1-3,8,16H,4-7H2,(H,17,18). The molecule has 0 aromatic heterocycles. The molecule has 0 spiro atoms. The van der Waals surface area contributed by atoms with Crippen LogP contribution in [0.1, 0.15) is 47.5 Å². The molecule has 1 aliphatic carbocycles. The maximum absolute atomic E-state index is 13.1. The Bertz CT molecular complexity index is 461. The van der Waals surface area contributed by atoms with Gasteiger partial charge in [0.1, 0.15) is 11.3 Å². The van der Waals surface area contributed by atoms with Crippen LogP contribution in [0.5, 0.6) is 5.75 Å². The van der Waals surface area contributed by atoms with Crippen LogP contribution in [-0.2, 0) is 0 Å². The third-order valence-corrected chi connectivity index (χ3v) is 3.45. The van der Waals surface area contributed by atoms with Crippen LogP contribution in [0, 0.1) is 0 Å². The van der Waals surface area contributed by atoms with Crippen molar-refractivity contribution in [2.75, 3.05) is 0 Å². The Labute approximate surface area is 103 Å². The van der Waals surface area contributed by atoms with E-state index in [1.807, 2.05) is 0 Å². The Balaban J connectivity index is 2.30. The Kier molecular flexibility index (Phi) is 3.24. The van der Waals surface area contributed by atoms with Crippen molar-refractivity contribution < 1.29 is 23.8 Å². The van der Waals surface area contributed by atoms with Gasteiger partial charge in [-0.25, -0.2) is 13.6 Å². The minimum atomic E-state index is -2.64. The average molecular weight is 256 g/mol. The number of benzene rings is 1. The molecule has 0 radical (unpaired) electrons. The molecule has 98 valence electrons. The maximum Gasteiger partial charge on any atom is 0.339 e. The molecule has 0 unspecified atom stereocenters. The number of hydrogen-bond acceptors (Lipinski definition) is 2. The molecule has 1 fully saturated rings.